The molecule has 0 spiro atoms. The summed E-state index contributed by atoms with van der Waals surface area (Å²) in [6.45, 7) is 2.62. The average molecular weight is 351 g/mol. The largest absolute Gasteiger partial charge is 0.263 e. The van der Waals surface area contributed by atoms with E-state index in [2.05, 4.69) is 26.2 Å². The Balaban J connectivity index is 2.42. The number of sulfonamides is 1. The van der Waals surface area contributed by atoms with E-state index in [0.717, 1.165) is 32.1 Å². The van der Waals surface area contributed by atoms with Crippen molar-refractivity contribution in [1.29, 1.82) is 0 Å². The lowest BCUT2D eigenvalue weighted by molar-refractivity contribution is 0.312. The third-order valence-electron chi connectivity index (χ3n) is 3.58. The van der Waals surface area contributed by atoms with Gasteiger partial charge >= 0.3 is 0 Å². The zero-order valence-corrected chi connectivity index (χ0v) is 13.6. The quantitative estimate of drug-likeness (QED) is 0.834. The van der Waals surface area contributed by atoms with Crippen molar-refractivity contribution in [3.8, 4) is 0 Å². The molecule has 0 radical (unpaired) electrons. The highest BCUT2D eigenvalue weighted by Gasteiger charge is 2.35. The minimum Gasteiger partial charge on any atom is -0.235 e. The minimum absolute atomic E-state index is 0.0781. The van der Waals surface area contributed by atoms with Crippen molar-refractivity contribution in [2.45, 2.75) is 50.1 Å². The lowest BCUT2D eigenvalue weighted by Gasteiger charge is -2.28. The molecule has 108 valence electrons. The van der Waals surface area contributed by atoms with Crippen LogP contribution in [0.5, 0.6) is 0 Å². The van der Waals surface area contributed by atoms with Gasteiger partial charge in [-0.3, -0.25) is 0 Å². The molecule has 19 heavy (non-hydrogen) atoms. The Kier molecular flexibility index (Phi) is 4.62. The molecule has 2 rings (SSSR count). The predicted octanol–water partition coefficient (Wildman–Crippen LogP) is 1.92. The van der Waals surface area contributed by atoms with Crippen LogP contribution in [0.25, 0.3) is 0 Å². The van der Waals surface area contributed by atoms with Crippen LogP contribution >= 0.6 is 15.9 Å². The van der Waals surface area contributed by atoms with Crippen molar-refractivity contribution in [3.05, 3.63) is 4.60 Å². The summed E-state index contributed by atoms with van der Waals surface area (Å²) in [6, 6.07) is 0.0781. The van der Waals surface area contributed by atoms with E-state index >= 15 is 0 Å². The van der Waals surface area contributed by atoms with E-state index in [1.165, 1.54) is 4.68 Å². The molecule has 0 bridgehead atoms. The number of rotatable bonds is 3. The van der Waals surface area contributed by atoms with Crippen LogP contribution in [-0.4, -0.2) is 40.3 Å². The second-order valence-corrected chi connectivity index (χ2v) is 7.39. The number of nitrogens with zero attached hydrogens (tertiary/aromatic N) is 4. The Morgan fingerprint density at radius 2 is 2.11 bits per heavy atom. The van der Waals surface area contributed by atoms with E-state index in [1.54, 1.807) is 11.4 Å². The highest BCUT2D eigenvalue weighted by molar-refractivity contribution is 9.10. The van der Waals surface area contributed by atoms with Gasteiger partial charge in [-0.25, -0.2) is 13.1 Å². The molecule has 0 aliphatic carbocycles. The number of halogens is 1. The maximum Gasteiger partial charge on any atom is 0.263 e. The van der Waals surface area contributed by atoms with Gasteiger partial charge in [-0.2, -0.15) is 4.31 Å². The lowest BCUT2D eigenvalue weighted by atomic mass is 10.1. The van der Waals surface area contributed by atoms with Crippen LogP contribution in [0.2, 0.25) is 0 Å². The van der Waals surface area contributed by atoms with Gasteiger partial charge in [0.05, 0.1) is 0 Å². The molecule has 8 heteroatoms. The fourth-order valence-electron chi connectivity index (χ4n) is 2.58. The zero-order chi connectivity index (χ0) is 14.0. The van der Waals surface area contributed by atoms with Crippen LogP contribution in [0.1, 0.15) is 39.0 Å². The van der Waals surface area contributed by atoms with E-state index in [9.17, 15) is 8.42 Å². The van der Waals surface area contributed by atoms with Crippen molar-refractivity contribution < 1.29 is 8.42 Å². The molecule has 1 aromatic heterocycles. The average Bonchev–Trinajstić information content (AvgIpc) is 2.59. The smallest absolute Gasteiger partial charge is 0.235 e. The maximum atomic E-state index is 12.8. The number of aryl methyl sites for hydroxylation is 1. The predicted molar refractivity (Wildman–Crippen MR) is 75.1 cm³/mol. The van der Waals surface area contributed by atoms with Crippen molar-refractivity contribution in [2.75, 3.05) is 6.54 Å². The Bertz CT molecular complexity index is 523. The van der Waals surface area contributed by atoms with Crippen LogP contribution in [0.4, 0.5) is 0 Å². The van der Waals surface area contributed by atoms with Crippen molar-refractivity contribution >= 4 is 26.0 Å². The topological polar surface area (TPSA) is 68.1 Å². The minimum atomic E-state index is -3.54. The van der Waals surface area contributed by atoms with Crippen LogP contribution < -0.4 is 0 Å². The molecule has 6 nitrogen and oxygen atoms in total. The third kappa shape index (κ3) is 2.85. The van der Waals surface area contributed by atoms with Crippen LogP contribution in [0.15, 0.2) is 9.63 Å². The molecule has 0 amide bonds. The van der Waals surface area contributed by atoms with Gasteiger partial charge in [0.25, 0.3) is 10.0 Å². The summed E-state index contributed by atoms with van der Waals surface area (Å²) in [5.74, 6) is 0. The summed E-state index contributed by atoms with van der Waals surface area (Å²) in [7, 11) is -1.94. The molecule has 1 aromatic rings. The first kappa shape index (κ1) is 14.9. The Hall–Kier alpha value is -0.470. The molecule has 0 aromatic carbocycles. The molecule has 1 saturated heterocycles. The van der Waals surface area contributed by atoms with E-state index in [1.807, 2.05) is 6.92 Å². The van der Waals surface area contributed by atoms with Crippen molar-refractivity contribution in [1.82, 2.24) is 19.3 Å². The standard InChI is InChI=1S/C11H19BrN4O2S/c1-3-9-7-5-4-6-8-16(9)19(17,18)11-10(12)13-14-15(11)2/h9H,3-8H2,1-2H3. The fourth-order valence-corrected chi connectivity index (χ4v) is 5.39. The summed E-state index contributed by atoms with van der Waals surface area (Å²) >= 11 is 3.18. The van der Waals surface area contributed by atoms with Gasteiger partial charge in [0.2, 0.25) is 5.03 Å². The monoisotopic (exact) mass is 350 g/mol. The Morgan fingerprint density at radius 1 is 1.37 bits per heavy atom. The van der Waals surface area contributed by atoms with E-state index in [0.29, 0.717) is 6.54 Å². The van der Waals surface area contributed by atoms with Crippen molar-refractivity contribution in [3.63, 3.8) is 0 Å². The molecular weight excluding hydrogens is 332 g/mol. The van der Waals surface area contributed by atoms with Gasteiger partial charge in [-0.1, -0.05) is 25.0 Å². The summed E-state index contributed by atoms with van der Waals surface area (Å²) in [4.78, 5) is 0. The molecule has 1 aliphatic rings. The second kappa shape index (κ2) is 5.88. The SMILES string of the molecule is CCC1CCCCCN1S(=O)(=O)c1c(Br)nnn1C. The highest BCUT2D eigenvalue weighted by atomic mass is 79.9. The first-order chi connectivity index (χ1) is 8.98. The van der Waals surface area contributed by atoms with E-state index < -0.39 is 10.0 Å². The normalized spacial score (nSPS) is 22.4. The summed E-state index contributed by atoms with van der Waals surface area (Å²) < 4.78 is 28.8. The first-order valence-electron chi connectivity index (χ1n) is 6.55. The van der Waals surface area contributed by atoms with Gasteiger partial charge < -0.3 is 0 Å². The van der Waals surface area contributed by atoms with Gasteiger partial charge in [0.15, 0.2) is 4.60 Å². The van der Waals surface area contributed by atoms with Gasteiger partial charge in [0, 0.05) is 19.6 Å². The molecule has 1 aliphatic heterocycles. The maximum absolute atomic E-state index is 12.8. The summed E-state index contributed by atoms with van der Waals surface area (Å²) in [6.07, 6.45) is 4.86. The molecule has 1 unspecified atom stereocenters. The van der Waals surface area contributed by atoms with E-state index in [4.69, 9.17) is 0 Å². The van der Waals surface area contributed by atoms with Crippen LogP contribution in [-0.2, 0) is 17.1 Å². The zero-order valence-electron chi connectivity index (χ0n) is 11.2. The van der Waals surface area contributed by atoms with Crippen LogP contribution in [0, 0.1) is 0 Å². The number of hydrogen-bond donors (Lipinski definition) is 0. The molecule has 1 fully saturated rings. The van der Waals surface area contributed by atoms with E-state index in [-0.39, 0.29) is 15.7 Å². The first-order valence-corrected chi connectivity index (χ1v) is 8.78. The second-order valence-electron chi connectivity index (χ2n) is 4.84. The van der Waals surface area contributed by atoms with Crippen LogP contribution in [0.3, 0.4) is 0 Å². The van der Waals surface area contributed by atoms with Gasteiger partial charge in [-0.15, -0.1) is 5.10 Å². The highest BCUT2D eigenvalue weighted by Crippen LogP contribution is 2.28. The van der Waals surface area contributed by atoms with Gasteiger partial charge in [-0.05, 0) is 35.2 Å². The Labute approximate surface area is 122 Å². The molecule has 1 atom stereocenters. The lowest BCUT2D eigenvalue weighted by Crippen LogP contribution is -2.40. The molecule has 2 heterocycles. The molecule has 0 saturated carbocycles. The molecular formula is C11H19BrN4O2S. The molecule has 0 N–H and O–H groups in total. The number of hydrogen-bond acceptors (Lipinski definition) is 4. The summed E-state index contributed by atoms with van der Waals surface area (Å²) in [5, 5.41) is 7.69. The summed E-state index contributed by atoms with van der Waals surface area (Å²) in [5.41, 5.74) is 0. The van der Waals surface area contributed by atoms with Crippen molar-refractivity contribution in [2.24, 2.45) is 7.05 Å². The number of aromatic nitrogens is 3. The Morgan fingerprint density at radius 3 is 2.68 bits per heavy atom. The third-order valence-corrected chi connectivity index (χ3v) is 6.43. The van der Waals surface area contributed by atoms with Gasteiger partial charge in [0.1, 0.15) is 0 Å². The fraction of sp³-hybridized carbons (Fsp3) is 0.818.